The Morgan fingerprint density at radius 3 is 2.47 bits per heavy atom. The number of hydrogen-bond donors (Lipinski definition) is 0. The molecule has 5 heteroatoms. The number of morpholine rings is 1. The van der Waals surface area contributed by atoms with Crippen LogP contribution in [-0.4, -0.2) is 60.0 Å². The summed E-state index contributed by atoms with van der Waals surface area (Å²) in [6, 6.07) is 17.4. The van der Waals surface area contributed by atoms with Crippen LogP contribution in [0.5, 0.6) is 0 Å². The highest BCUT2D eigenvalue weighted by molar-refractivity contribution is 5.96. The van der Waals surface area contributed by atoms with Crippen molar-refractivity contribution in [2.45, 2.75) is 44.8 Å². The van der Waals surface area contributed by atoms with Crippen LogP contribution in [-0.2, 0) is 4.74 Å². The van der Waals surface area contributed by atoms with Crippen molar-refractivity contribution in [3.05, 3.63) is 71.3 Å². The molecule has 2 aromatic carbocycles. The highest BCUT2D eigenvalue weighted by Gasteiger charge is 2.33. The molecule has 0 spiro atoms. The molecule has 0 bridgehead atoms. The first-order valence-electron chi connectivity index (χ1n) is 11.0. The summed E-state index contributed by atoms with van der Waals surface area (Å²) < 4.78 is 6.01. The molecule has 1 saturated carbocycles. The first-order chi connectivity index (χ1) is 14.6. The Hall–Kier alpha value is -2.66. The fourth-order valence-corrected chi connectivity index (χ4v) is 4.58. The minimum atomic E-state index is -0.167. The number of hydrogen-bond acceptors (Lipinski definition) is 3. The van der Waals surface area contributed by atoms with Gasteiger partial charge in [-0.25, -0.2) is 0 Å². The van der Waals surface area contributed by atoms with E-state index >= 15 is 0 Å². The number of benzene rings is 2. The molecule has 2 aliphatic rings. The number of rotatable bonds is 5. The van der Waals surface area contributed by atoms with Gasteiger partial charge in [0.05, 0.1) is 12.7 Å². The fourth-order valence-electron chi connectivity index (χ4n) is 4.58. The highest BCUT2D eigenvalue weighted by atomic mass is 16.5. The van der Waals surface area contributed by atoms with Gasteiger partial charge >= 0.3 is 0 Å². The van der Waals surface area contributed by atoms with Crippen LogP contribution in [0.25, 0.3) is 0 Å². The Balaban J connectivity index is 1.48. The molecule has 2 amide bonds. The molecule has 30 heavy (non-hydrogen) atoms. The minimum Gasteiger partial charge on any atom is -0.373 e. The molecule has 0 N–H and O–H groups in total. The molecule has 1 aliphatic heterocycles. The maximum Gasteiger partial charge on any atom is 0.254 e. The minimum absolute atomic E-state index is 0.0446. The maximum atomic E-state index is 13.3. The second kappa shape index (κ2) is 9.43. The lowest BCUT2D eigenvalue weighted by molar-refractivity contribution is -0.0371. The Morgan fingerprint density at radius 2 is 1.73 bits per heavy atom. The second-order valence-corrected chi connectivity index (χ2v) is 8.32. The van der Waals surface area contributed by atoms with Gasteiger partial charge in [-0.3, -0.25) is 9.59 Å². The van der Waals surface area contributed by atoms with Gasteiger partial charge in [-0.1, -0.05) is 49.2 Å². The lowest BCUT2D eigenvalue weighted by Gasteiger charge is -2.38. The lowest BCUT2D eigenvalue weighted by Crippen LogP contribution is -2.52. The molecule has 1 atom stereocenters. The number of amides is 2. The van der Waals surface area contributed by atoms with Crippen molar-refractivity contribution in [2.75, 3.05) is 26.2 Å². The number of nitrogens with zero attached hydrogens (tertiary/aromatic N) is 2. The van der Waals surface area contributed by atoms with E-state index in [0.717, 1.165) is 36.8 Å². The van der Waals surface area contributed by atoms with Gasteiger partial charge in [-0.2, -0.15) is 0 Å². The summed E-state index contributed by atoms with van der Waals surface area (Å²) >= 11 is 0. The van der Waals surface area contributed by atoms with Crippen molar-refractivity contribution >= 4 is 11.8 Å². The van der Waals surface area contributed by atoms with Gasteiger partial charge in [0.2, 0.25) is 0 Å². The number of carbonyl (C=O) groups is 2. The van der Waals surface area contributed by atoms with Crippen LogP contribution in [0.3, 0.4) is 0 Å². The Morgan fingerprint density at radius 1 is 1.03 bits per heavy atom. The van der Waals surface area contributed by atoms with Gasteiger partial charge in [0.1, 0.15) is 0 Å². The quantitative estimate of drug-likeness (QED) is 0.756. The molecule has 5 nitrogen and oxygen atoms in total. The van der Waals surface area contributed by atoms with Gasteiger partial charge in [0.25, 0.3) is 11.8 Å². The average Bonchev–Trinajstić information content (AvgIpc) is 3.32. The van der Waals surface area contributed by atoms with Crippen LogP contribution < -0.4 is 0 Å². The molecular formula is C25H30N2O3. The monoisotopic (exact) mass is 406 g/mol. The molecular weight excluding hydrogens is 376 g/mol. The molecule has 1 saturated heterocycles. The first-order valence-corrected chi connectivity index (χ1v) is 11.0. The van der Waals surface area contributed by atoms with Gasteiger partial charge in [0.15, 0.2) is 0 Å². The summed E-state index contributed by atoms with van der Waals surface area (Å²) in [5.41, 5.74) is 2.44. The molecule has 1 heterocycles. The number of aryl methyl sites for hydroxylation is 1. The summed E-state index contributed by atoms with van der Waals surface area (Å²) in [6.07, 6.45) is 4.23. The number of ether oxygens (including phenoxy) is 1. The maximum absolute atomic E-state index is 13.3. The number of carbonyl (C=O) groups excluding carboxylic acids is 2. The predicted octanol–water partition coefficient (Wildman–Crippen LogP) is 3.92. The van der Waals surface area contributed by atoms with E-state index in [1.165, 1.54) is 0 Å². The van der Waals surface area contributed by atoms with Gasteiger partial charge in [-0.15, -0.1) is 0 Å². The molecule has 2 aromatic rings. The van der Waals surface area contributed by atoms with E-state index < -0.39 is 0 Å². The van der Waals surface area contributed by atoms with E-state index in [0.29, 0.717) is 31.8 Å². The summed E-state index contributed by atoms with van der Waals surface area (Å²) in [6.45, 7) is 4.08. The van der Waals surface area contributed by atoms with Crippen molar-refractivity contribution in [1.82, 2.24) is 9.80 Å². The van der Waals surface area contributed by atoms with Crippen molar-refractivity contribution < 1.29 is 14.3 Å². The van der Waals surface area contributed by atoms with Crippen LogP contribution in [0.15, 0.2) is 54.6 Å². The molecule has 4 rings (SSSR count). The zero-order chi connectivity index (χ0) is 20.9. The van der Waals surface area contributed by atoms with E-state index in [2.05, 4.69) is 0 Å². The Bertz CT molecular complexity index is 877. The Kier molecular flexibility index (Phi) is 6.48. The van der Waals surface area contributed by atoms with Crippen LogP contribution in [0.2, 0.25) is 0 Å². The molecule has 1 aliphatic carbocycles. The van der Waals surface area contributed by atoms with Crippen LogP contribution in [0.1, 0.15) is 52.0 Å². The van der Waals surface area contributed by atoms with Crippen molar-refractivity contribution in [3.63, 3.8) is 0 Å². The predicted molar refractivity (Wildman–Crippen MR) is 117 cm³/mol. The largest absolute Gasteiger partial charge is 0.373 e. The second-order valence-electron chi connectivity index (χ2n) is 8.32. The highest BCUT2D eigenvalue weighted by Crippen LogP contribution is 2.26. The lowest BCUT2D eigenvalue weighted by atomic mass is 10.1. The van der Waals surface area contributed by atoms with Crippen LogP contribution in [0.4, 0.5) is 0 Å². The molecule has 0 radical (unpaired) electrons. The van der Waals surface area contributed by atoms with E-state index in [1.807, 2.05) is 71.3 Å². The van der Waals surface area contributed by atoms with E-state index in [1.54, 1.807) is 0 Å². The summed E-state index contributed by atoms with van der Waals surface area (Å²) in [5.74, 6) is 0.108. The van der Waals surface area contributed by atoms with Gasteiger partial charge < -0.3 is 14.5 Å². The van der Waals surface area contributed by atoms with Crippen LogP contribution in [0, 0.1) is 6.92 Å². The van der Waals surface area contributed by atoms with Crippen molar-refractivity contribution in [2.24, 2.45) is 0 Å². The van der Waals surface area contributed by atoms with Gasteiger partial charge in [-0.05, 0) is 43.5 Å². The topological polar surface area (TPSA) is 49.9 Å². The fraction of sp³-hybridized carbons (Fsp3) is 0.440. The summed E-state index contributed by atoms with van der Waals surface area (Å²) in [4.78, 5) is 30.2. The van der Waals surface area contributed by atoms with E-state index in [-0.39, 0.29) is 24.0 Å². The zero-order valence-electron chi connectivity index (χ0n) is 17.6. The summed E-state index contributed by atoms with van der Waals surface area (Å²) in [5, 5.41) is 0. The normalized spacial score (nSPS) is 19.6. The third kappa shape index (κ3) is 4.57. The third-order valence-corrected chi connectivity index (χ3v) is 6.25. The molecule has 2 fully saturated rings. The van der Waals surface area contributed by atoms with Crippen molar-refractivity contribution in [1.29, 1.82) is 0 Å². The van der Waals surface area contributed by atoms with Crippen molar-refractivity contribution in [3.8, 4) is 0 Å². The average molecular weight is 407 g/mol. The smallest absolute Gasteiger partial charge is 0.254 e. The van der Waals surface area contributed by atoms with E-state index in [4.69, 9.17) is 4.74 Å². The Labute approximate surface area is 178 Å². The summed E-state index contributed by atoms with van der Waals surface area (Å²) in [7, 11) is 0. The van der Waals surface area contributed by atoms with Gasteiger partial charge in [0, 0.05) is 36.8 Å². The third-order valence-electron chi connectivity index (χ3n) is 6.25. The van der Waals surface area contributed by atoms with Crippen LogP contribution >= 0.6 is 0 Å². The van der Waals surface area contributed by atoms with E-state index in [9.17, 15) is 9.59 Å². The molecule has 1 unspecified atom stereocenters. The first kappa shape index (κ1) is 20.6. The zero-order valence-corrected chi connectivity index (χ0v) is 17.6. The SMILES string of the molecule is Cc1ccccc1C(=O)N1CCOC(CN(C(=O)c2ccccc2)C2CCCC2)C1. The molecule has 158 valence electrons. The standard InChI is InChI=1S/C25H30N2O3/c1-19-9-5-8-14-23(19)25(29)26-15-16-30-22(17-26)18-27(21-12-6-7-13-21)24(28)20-10-3-2-4-11-20/h2-5,8-11,14,21-22H,6-7,12-13,15-18H2,1H3. The molecule has 0 aromatic heterocycles.